The Kier molecular flexibility index (Phi) is 27.8. The van der Waals surface area contributed by atoms with Gasteiger partial charge in [0.05, 0.1) is 6.61 Å². The van der Waals surface area contributed by atoms with E-state index in [1.165, 1.54) is 135 Å². The van der Waals surface area contributed by atoms with Gasteiger partial charge in [-0.15, -0.1) is 0 Å². The third-order valence-corrected chi connectivity index (χ3v) is 6.05. The molecule has 0 aromatic heterocycles. The zero-order chi connectivity index (χ0) is 21.1. The van der Waals surface area contributed by atoms with Crippen LogP contribution in [0.4, 0.5) is 0 Å². The van der Waals surface area contributed by atoms with E-state index < -0.39 is 0 Å². The lowest BCUT2D eigenvalue weighted by molar-refractivity contribution is 0.282. The van der Waals surface area contributed by atoms with Crippen LogP contribution < -0.4 is 5.32 Å². The van der Waals surface area contributed by atoms with Gasteiger partial charge in [-0.3, -0.25) is 0 Å². The molecule has 0 rings (SSSR count). The van der Waals surface area contributed by atoms with Crippen LogP contribution in [0.15, 0.2) is 0 Å². The Balaban J connectivity index is 2.97. The molecule has 0 saturated heterocycles. The van der Waals surface area contributed by atoms with Crippen molar-refractivity contribution in [1.82, 2.24) is 5.32 Å². The Hall–Kier alpha value is -0.120. The van der Waals surface area contributed by atoms with E-state index in [-0.39, 0.29) is 6.61 Å². The number of unbranched alkanes of at least 4 members (excludes halogenated alkanes) is 21. The monoisotopic (exact) mass is 413 g/mol. The van der Waals surface area contributed by atoms with Gasteiger partial charge >= 0.3 is 0 Å². The van der Waals surface area contributed by atoms with E-state index in [1.807, 2.05) is 0 Å². The maximum Gasteiger partial charge on any atom is 0.0555 e. The molecule has 0 unspecified atom stereocenters. The minimum Gasteiger partial charge on any atom is -0.396 e. The molecule has 0 fully saturated rings. The first-order valence-corrected chi connectivity index (χ1v) is 13.3. The maximum absolute atomic E-state index is 8.74. The maximum atomic E-state index is 8.74. The van der Waals surface area contributed by atoms with Crippen LogP contribution in [-0.2, 0) is 0 Å². The lowest BCUT2D eigenvalue weighted by Gasteiger charge is -2.04. The lowest BCUT2D eigenvalue weighted by atomic mass is 10.0. The fourth-order valence-electron chi connectivity index (χ4n) is 4.10. The van der Waals surface area contributed by atoms with Crippen LogP contribution in [0.25, 0.3) is 0 Å². The van der Waals surface area contributed by atoms with E-state index in [2.05, 4.69) is 5.32 Å². The van der Waals surface area contributed by atoms with Crippen molar-refractivity contribution in [2.75, 3.05) is 26.3 Å². The molecule has 0 aliphatic rings. The summed E-state index contributed by atoms with van der Waals surface area (Å²) < 4.78 is 0. The SMILES string of the molecule is OCCCCCCCCCCCCCCCCCCCCCCCCNCCO. The second-order valence-corrected chi connectivity index (χ2v) is 8.98. The van der Waals surface area contributed by atoms with Gasteiger partial charge in [-0.05, 0) is 19.4 Å². The van der Waals surface area contributed by atoms with Crippen LogP contribution in [0.5, 0.6) is 0 Å². The van der Waals surface area contributed by atoms with Gasteiger partial charge in [0.25, 0.3) is 0 Å². The Morgan fingerprint density at radius 1 is 0.276 bits per heavy atom. The van der Waals surface area contributed by atoms with E-state index in [4.69, 9.17) is 10.2 Å². The smallest absolute Gasteiger partial charge is 0.0555 e. The summed E-state index contributed by atoms with van der Waals surface area (Å²) in [4.78, 5) is 0. The first kappa shape index (κ1) is 28.9. The van der Waals surface area contributed by atoms with Crippen LogP contribution >= 0.6 is 0 Å². The molecular weight excluding hydrogens is 358 g/mol. The average molecular weight is 414 g/mol. The molecule has 0 aliphatic heterocycles. The van der Waals surface area contributed by atoms with E-state index in [0.29, 0.717) is 6.61 Å². The summed E-state index contributed by atoms with van der Waals surface area (Å²) in [7, 11) is 0. The van der Waals surface area contributed by atoms with Gasteiger partial charge in [0.2, 0.25) is 0 Å². The van der Waals surface area contributed by atoms with Crippen molar-refractivity contribution in [3.63, 3.8) is 0 Å². The normalized spacial score (nSPS) is 11.4. The van der Waals surface area contributed by atoms with Crippen LogP contribution in [0.2, 0.25) is 0 Å². The number of hydrogen-bond donors (Lipinski definition) is 3. The quantitative estimate of drug-likeness (QED) is 0.132. The Bertz CT molecular complexity index is 247. The molecule has 0 saturated carbocycles. The molecule has 0 spiro atoms. The first-order valence-electron chi connectivity index (χ1n) is 13.3. The fourth-order valence-corrected chi connectivity index (χ4v) is 4.10. The molecular formula is C26H55NO2. The first-order chi connectivity index (χ1) is 14.4. The van der Waals surface area contributed by atoms with Gasteiger partial charge in [-0.1, -0.05) is 128 Å². The Morgan fingerprint density at radius 3 is 0.828 bits per heavy atom. The summed E-state index contributed by atoms with van der Waals surface area (Å²) in [6.45, 7) is 2.43. The highest BCUT2D eigenvalue weighted by molar-refractivity contribution is 4.52. The second-order valence-electron chi connectivity index (χ2n) is 8.98. The third kappa shape index (κ3) is 27.9. The average Bonchev–Trinajstić information content (AvgIpc) is 2.74. The van der Waals surface area contributed by atoms with Crippen molar-refractivity contribution in [2.24, 2.45) is 0 Å². The van der Waals surface area contributed by atoms with Crippen molar-refractivity contribution < 1.29 is 10.2 Å². The third-order valence-electron chi connectivity index (χ3n) is 6.05. The summed E-state index contributed by atoms with van der Waals surface area (Å²) in [5.74, 6) is 0. The summed E-state index contributed by atoms with van der Waals surface area (Å²) in [6.07, 6.45) is 30.4. The van der Waals surface area contributed by atoms with Crippen LogP contribution in [0, 0.1) is 0 Å². The molecule has 3 N–H and O–H groups in total. The molecule has 0 bridgehead atoms. The highest BCUT2D eigenvalue weighted by Crippen LogP contribution is 2.15. The second kappa shape index (κ2) is 27.9. The molecule has 0 amide bonds. The number of rotatable bonds is 26. The summed E-state index contributed by atoms with van der Waals surface area (Å²) >= 11 is 0. The molecule has 0 atom stereocenters. The zero-order valence-corrected chi connectivity index (χ0v) is 19.8. The van der Waals surface area contributed by atoms with Crippen molar-refractivity contribution in [2.45, 2.75) is 141 Å². The summed E-state index contributed by atoms with van der Waals surface area (Å²) in [6, 6.07) is 0. The van der Waals surface area contributed by atoms with Crippen molar-refractivity contribution in [3.8, 4) is 0 Å². The van der Waals surface area contributed by atoms with Gasteiger partial charge in [0, 0.05) is 13.2 Å². The van der Waals surface area contributed by atoms with Gasteiger partial charge < -0.3 is 15.5 Å². The molecule has 0 aromatic rings. The van der Waals surface area contributed by atoms with Crippen molar-refractivity contribution in [3.05, 3.63) is 0 Å². The molecule has 0 heterocycles. The largest absolute Gasteiger partial charge is 0.396 e. The van der Waals surface area contributed by atoms with Crippen molar-refractivity contribution in [1.29, 1.82) is 0 Å². The molecule has 0 aliphatic carbocycles. The van der Waals surface area contributed by atoms with Gasteiger partial charge in [-0.2, -0.15) is 0 Å². The summed E-state index contributed by atoms with van der Waals surface area (Å²) in [5, 5.41) is 20.7. The predicted octanol–water partition coefficient (Wildman–Crippen LogP) is 7.14. The minimum atomic E-state index is 0.258. The van der Waals surface area contributed by atoms with Crippen molar-refractivity contribution >= 4 is 0 Å². The molecule has 29 heavy (non-hydrogen) atoms. The number of nitrogens with one attached hydrogen (secondary N) is 1. The van der Waals surface area contributed by atoms with E-state index in [1.54, 1.807) is 0 Å². The van der Waals surface area contributed by atoms with E-state index in [0.717, 1.165) is 19.5 Å². The highest BCUT2D eigenvalue weighted by atomic mass is 16.3. The number of aliphatic hydroxyl groups excluding tert-OH is 2. The lowest BCUT2D eigenvalue weighted by Crippen LogP contribution is -2.19. The fraction of sp³-hybridized carbons (Fsp3) is 1.00. The highest BCUT2D eigenvalue weighted by Gasteiger charge is 1.96. The number of aliphatic hydroxyl groups is 2. The standard InChI is InChI=1S/C26H55NO2/c28-25-22-20-18-16-14-12-10-8-6-4-2-1-3-5-7-9-11-13-15-17-19-21-23-27-24-26-29/h27-29H,1-26H2. The van der Waals surface area contributed by atoms with Crippen LogP contribution in [-0.4, -0.2) is 36.5 Å². The van der Waals surface area contributed by atoms with Gasteiger partial charge in [-0.25, -0.2) is 0 Å². The van der Waals surface area contributed by atoms with E-state index >= 15 is 0 Å². The summed E-state index contributed by atoms with van der Waals surface area (Å²) in [5.41, 5.74) is 0. The van der Waals surface area contributed by atoms with Gasteiger partial charge in [0.15, 0.2) is 0 Å². The molecule has 3 heteroatoms. The Morgan fingerprint density at radius 2 is 0.552 bits per heavy atom. The molecule has 3 nitrogen and oxygen atoms in total. The van der Waals surface area contributed by atoms with E-state index in [9.17, 15) is 0 Å². The van der Waals surface area contributed by atoms with Crippen LogP contribution in [0.3, 0.4) is 0 Å². The minimum absolute atomic E-state index is 0.258. The van der Waals surface area contributed by atoms with Crippen LogP contribution in [0.1, 0.15) is 141 Å². The molecule has 176 valence electrons. The predicted molar refractivity (Wildman–Crippen MR) is 129 cm³/mol. The Labute approximate surface area is 183 Å². The molecule has 0 radical (unpaired) electrons. The molecule has 0 aromatic carbocycles. The topological polar surface area (TPSA) is 52.5 Å². The van der Waals surface area contributed by atoms with Gasteiger partial charge in [0.1, 0.15) is 0 Å². The number of hydrogen-bond acceptors (Lipinski definition) is 3. The zero-order valence-electron chi connectivity index (χ0n) is 19.8.